The Kier molecular flexibility index (Phi) is 7.40. The minimum absolute atomic E-state index is 0.203. The summed E-state index contributed by atoms with van der Waals surface area (Å²) in [4.78, 5) is 4.24. The molecule has 0 amide bonds. The second-order valence-corrected chi connectivity index (χ2v) is 5.80. The SMILES string of the molecule is CC(C)Oc1ccccc1CNCCCCNc1ccccn1. The van der Waals surface area contributed by atoms with E-state index in [2.05, 4.69) is 41.6 Å². The molecule has 2 N–H and O–H groups in total. The Labute approximate surface area is 139 Å². The van der Waals surface area contributed by atoms with Crippen molar-refractivity contribution in [3.63, 3.8) is 0 Å². The topological polar surface area (TPSA) is 46.2 Å². The van der Waals surface area contributed by atoms with Gasteiger partial charge in [-0.25, -0.2) is 4.98 Å². The summed E-state index contributed by atoms with van der Waals surface area (Å²) < 4.78 is 5.83. The van der Waals surface area contributed by atoms with Crippen molar-refractivity contribution < 1.29 is 4.74 Å². The molecule has 0 radical (unpaired) electrons. The standard InChI is InChI=1S/C19H27N3O/c1-16(2)23-18-10-4-3-9-17(18)15-20-12-7-8-14-22-19-11-5-6-13-21-19/h3-6,9-11,13,16,20H,7-8,12,14-15H2,1-2H3,(H,21,22). The van der Waals surface area contributed by atoms with E-state index in [1.165, 1.54) is 5.56 Å². The van der Waals surface area contributed by atoms with Crippen LogP contribution in [0.4, 0.5) is 5.82 Å². The van der Waals surface area contributed by atoms with Crippen molar-refractivity contribution in [2.24, 2.45) is 0 Å². The Bertz CT molecular complexity index is 558. The van der Waals surface area contributed by atoms with Crippen LogP contribution in [0.5, 0.6) is 5.75 Å². The third kappa shape index (κ3) is 6.70. The first-order valence-corrected chi connectivity index (χ1v) is 8.36. The quantitative estimate of drug-likeness (QED) is 0.654. The van der Waals surface area contributed by atoms with E-state index in [0.717, 1.165) is 44.0 Å². The summed E-state index contributed by atoms with van der Waals surface area (Å²) in [6.07, 6.45) is 4.26. The fourth-order valence-corrected chi connectivity index (χ4v) is 2.30. The zero-order chi connectivity index (χ0) is 16.3. The lowest BCUT2D eigenvalue weighted by atomic mass is 10.2. The minimum Gasteiger partial charge on any atom is -0.491 e. The Morgan fingerprint density at radius 2 is 1.78 bits per heavy atom. The van der Waals surface area contributed by atoms with Gasteiger partial charge in [0.25, 0.3) is 0 Å². The van der Waals surface area contributed by atoms with Crippen LogP contribution in [0.15, 0.2) is 48.7 Å². The molecule has 0 aliphatic rings. The lowest BCUT2D eigenvalue weighted by Gasteiger charge is -2.14. The first-order valence-electron chi connectivity index (χ1n) is 8.36. The monoisotopic (exact) mass is 313 g/mol. The zero-order valence-electron chi connectivity index (χ0n) is 14.1. The Balaban J connectivity index is 1.60. The predicted molar refractivity (Wildman–Crippen MR) is 95.9 cm³/mol. The van der Waals surface area contributed by atoms with Crippen LogP contribution in [0.2, 0.25) is 0 Å². The highest BCUT2D eigenvalue weighted by molar-refractivity contribution is 5.33. The second kappa shape index (κ2) is 9.85. The Morgan fingerprint density at radius 3 is 2.57 bits per heavy atom. The van der Waals surface area contributed by atoms with Crippen molar-refractivity contribution in [2.45, 2.75) is 39.3 Å². The molecule has 0 bridgehead atoms. The molecule has 1 heterocycles. The minimum atomic E-state index is 0.203. The van der Waals surface area contributed by atoms with E-state index in [1.54, 1.807) is 6.20 Å². The van der Waals surface area contributed by atoms with E-state index < -0.39 is 0 Å². The van der Waals surface area contributed by atoms with Gasteiger partial charge in [0.2, 0.25) is 0 Å². The number of ether oxygens (including phenoxy) is 1. The number of nitrogens with zero attached hydrogens (tertiary/aromatic N) is 1. The molecule has 2 rings (SSSR count). The number of aromatic nitrogens is 1. The summed E-state index contributed by atoms with van der Waals surface area (Å²) >= 11 is 0. The second-order valence-electron chi connectivity index (χ2n) is 5.80. The zero-order valence-corrected chi connectivity index (χ0v) is 14.1. The van der Waals surface area contributed by atoms with Crippen molar-refractivity contribution in [2.75, 3.05) is 18.4 Å². The van der Waals surface area contributed by atoms with Gasteiger partial charge in [-0.2, -0.15) is 0 Å². The predicted octanol–water partition coefficient (Wildman–Crippen LogP) is 3.85. The third-order valence-electron chi connectivity index (χ3n) is 3.40. The summed E-state index contributed by atoms with van der Waals surface area (Å²) in [5.41, 5.74) is 1.22. The molecule has 124 valence electrons. The van der Waals surface area contributed by atoms with Gasteiger partial charge in [0.15, 0.2) is 0 Å². The van der Waals surface area contributed by atoms with E-state index in [-0.39, 0.29) is 6.10 Å². The molecular formula is C19H27N3O. The maximum Gasteiger partial charge on any atom is 0.125 e. The molecule has 1 aromatic carbocycles. The molecule has 0 fully saturated rings. The van der Waals surface area contributed by atoms with Crippen molar-refractivity contribution in [1.82, 2.24) is 10.3 Å². The number of para-hydroxylation sites is 1. The van der Waals surface area contributed by atoms with Gasteiger partial charge in [-0.05, 0) is 51.4 Å². The number of hydrogen-bond donors (Lipinski definition) is 2. The maximum absolute atomic E-state index is 5.83. The van der Waals surface area contributed by atoms with E-state index in [0.29, 0.717) is 0 Å². The number of benzene rings is 1. The average Bonchev–Trinajstić information content (AvgIpc) is 2.56. The van der Waals surface area contributed by atoms with Crippen LogP contribution >= 0.6 is 0 Å². The van der Waals surface area contributed by atoms with E-state index in [9.17, 15) is 0 Å². The molecule has 0 spiro atoms. The first-order chi connectivity index (χ1) is 11.3. The van der Waals surface area contributed by atoms with Crippen molar-refractivity contribution in [1.29, 1.82) is 0 Å². The lowest BCUT2D eigenvalue weighted by Crippen LogP contribution is -2.17. The summed E-state index contributed by atoms with van der Waals surface area (Å²) in [5.74, 6) is 1.92. The van der Waals surface area contributed by atoms with E-state index in [1.807, 2.05) is 30.3 Å². The molecule has 23 heavy (non-hydrogen) atoms. The van der Waals surface area contributed by atoms with Crippen molar-refractivity contribution >= 4 is 5.82 Å². The van der Waals surface area contributed by atoms with Crippen molar-refractivity contribution in [3.8, 4) is 5.75 Å². The number of hydrogen-bond acceptors (Lipinski definition) is 4. The molecule has 1 aromatic heterocycles. The number of pyridine rings is 1. The molecule has 0 aliphatic carbocycles. The van der Waals surface area contributed by atoms with E-state index in [4.69, 9.17) is 4.74 Å². The van der Waals surface area contributed by atoms with Gasteiger partial charge < -0.3 is 15.4 Å². The lowest BCUT2D eigenvalue weighted by molar-refractivity contribution is 0.239. The van der Waals surface area contributed by atoms with Gasteiger partial charge in [0.05, 0.1) is 6.10 Å². The largest absolute Gasteiger partial charge is 0.491 e. The molecular weight excluding hydrogens is 286 g/mol. The smallest absolute Gasteiger partial charge is 0.125 e. The molecule has 0 aliphatic heterocycles. The van der Waals surface area contributed by atoms with Gasteiger partial charge in [0.1, 0.15) is 11.6 Å². The number of nitrogens with one attached hydrogen (secondary N) is 2. The highest BCUT2D eigenvalue weighted by Gasteiger charge is 2.04. The normalized spacial score (nSPS) is 10.7. The molecule has 0 atom stereocenters. The van der Waals surface area contributed by atoms with Gasteiger partial charge in [-0.1, -0.05) is 24.3 Å². The fourth-order valence-electron chi connectivity index (χ4n) is 2.30. The van der Waals surface area contributed by atoms with Gasteiger partial charge in [0, 0.05) is 24.8 Å². The molecule has 4 nitrogen and oxygen atoms in total. The van der Waals surface area contributed by atoms with Crippen LogP contribution in [-0.2, 0) is 6.54 Å². The van der Waals surface area contributed by atoms with Gasteiger partial charge >= 0.3 is 0 Å². The summed E-state index contributed by atoms with van der Waals surface area (Å²) in [7, 11) is 0. The fraction of sp³-hybridized carbons (Fsp3) is 0.421. The van der Waals surface area contributed by atoms with Crippen LogP contribution < -0.4 is 15.4 Å². The van der Waals surface area contributed by atoms with Crippen LogP contribution in [0, 0.1) is 0 Å². The van der Waals surface area contributed by atoms with Gasteiger partial charge in [-0.15, -0.1) is 0 Å². The molecule has 0 saturated carbocycles. The number of rotatable bonds is 10. The number of unbranched alkanes of at least 4 members (excludes halogenated alkanes) is 1. The highest BCUT2D eigenvalue weighted by atomic mass is 16.5. The molecule has 0 unspecified atom stereocenters. The average molecular weight is 313 g/mol. The van der Waals surface area contributed by atoms with Crippen LogP contribution in [0.25, 0.3) is 0 Å². The molecule has 4 heteroatoms. The molecule has 0 saturated heterocycles. The van der Waals surface area contributed by atoms with Crippen LogP contribution in [0.3, 0.4) is 0 Å². The highest BCUT2D eigenvalue weighted by Crippen LogP contribution is 2.19. The molecule has 2 aromatic rings. The number of anilines is 1. The van der Waals surface area contributed by atoms with Gasteiger partial charge in [-0.3, -0.25) is 0 Å². The summed E-state index contributed by atoms with van der Waals surface area (Å²) in [6.45, 7) is 6.90. The summed E-state index contributed by atoms with van der Waals surface area (Å²) in [5, 5.41) is 6.82. The third-order valence-corrected chi connectivity index (χ3v) is 3.40. The maximum atomic E-state index is 5.83. The van der Waals surface area contributed by atoms with Crippen LogP contribution in [-0.4, -0.2) is 24.2 Å². The first kappa shape index (κ1) is 17.3. The Morgan fingerprint density at radius 1 is 1.00 bits per heavy atom. The summed E-state index contributed by atoms with van der Waals surface area (Å²) in [6, 6.07) is 14.1. The van der Waals surface area contributed by atoms with Crippen LogP contribution in [0.1, 0.15) is 32.3 Å². The van der Waals surface area contributed by atoms with Crippen molar-refractivity contribution in [3.05, 3.63) is 54.2 Å². The Hall–Kier alpha value is -2.07. The van der Waals surface area contributed by atoms with E-state index >= 15 is 0 Å².